The molecule has 3 aromatic carbocycles. The van der Waals surface area contributed by atoms with Crippen molar-refractivity contribution in [2.45, 2.75) is 38.5 Å². The van der Waals surface area contributed by atoms with Crippen LogP contribution in [0.1, 0.15) is 30.4 Å². The molecule has 1 N–H and O–H groups in total. The lowest BCUT2D eigenvalue weighted by atomic mass is 10.0. The number of ether oxygens (including phenoxy) is 2. The number of likely N-dealkylation sites (tertiary alicyclic amines) is 1. The van der Waals surface area contributed by atoms with E-state index in [-0.39, 0.29) is 6.04 Å². The van der Waals surface area contributed by atoms with Gasteiger partial charge >= 0.3 is 5.97 Å². The van der Waals surface area contributed by atoms with Gasteiger partial charge in [0.25, 0.3) is 0 Å². The van der Waals surface area contributed by atoms with Crippen molar-refractivity contribution in [3.63, 3.8) is 0 Å². The smallest absolute Gasteiger partial charge is 0.320 e. The van der Waals surface area contributed by atoms with Crippen LogP contribution in [-0.2, 0) is 17.9 Å². The van der Waals surface area contributed by atoms with Crippen LogP contribution in [0.15, 0.2) is 72.8 Å². The van der Waals surface area contributed by atoms with E-state index in [1.165, 1.54) is 0 Å². The number of piperidine rings is 1. The summed E-state index contributed by atoms with van der Waals surface area (Å²) in [5.41, 5.74) is 4.22. The molecule has 0 saturated carbocycles. The molecule has 1 aliphatic rings. The molecule has 0 spiro atoms. The number of carboxylic acid groups (broad SMARTS) is 1. The molecule has 0 unspecified atom stereocenters. The average molecular weight is 432 g/mol. The summed E-state index contributed by atoms with van der Waals surface area (Å²) < 4.78 is 11.8. The number of methoxy groups -OCH3 is 1. The third-order valence-corrected chi connectivity index (χ3v) is 5.99. The summed E-state index contributed by atoms with van der Waals surface area (Å²) in [6, 6.07) is 23.8. The minimum Gasteiger partial charge on any atom is -0.496 e. The molecule has 1 saturated heterocycles. The maximum Gasteiger partial charge on any atom is 0.320 e. The summed E-state index contributed by atoms with van der Waals surface area (Å²) in [4.78, 5) is 13.6. The van der Waals surface area contributed by atoms with Crippen molar-refractivity contribution in [3.05, 3.63) is 83.9 Å². The Morgan fingerprint density at radius 1 is 1.00 bits per heavy atom. The van der Waals surface area contributed by atoms with Crippen LogP contribution in [0.3, 0.4) is 0 Å². The third kappa shape index (κ3) is 5.11. The van der Waals surface area contributed by atoms with Gasteiger partial charge in [-0.05, 0) is 42.6 Å². The number of carbonyl (C=O) groups is 1. The van der Waals surface area contributed by atoms with Gasteiger partial charge in [-0.1, -0.05) is 67.1 Å². The van der Waals surface area contributed by atoms with Gasteiger partial charge in [-0.3, -0.25) is 9.69 Å². The highest BCUT2D eigenvalue weighted by Crippen LogP contribution is 2.33. The van der Waals surface area contributed by atoms with Crippen LogP contribution in [0.5, 0.6) is 11.5 Å². The molecule has 5 heteroatoms. The minimum atomic E-state index is -0.726. The maximum atomic E-state index is 11.5. The molecule has 1 atom stereocenters. The highest BCUT2D eigenvalue weighted by molar-refractivity contribution is 5.73. The van der Waals surface area contributed by atoms with Crippen LogP contribution in [0.2, 0.25) is 0 Å². The molecule has 0 amide bonds. The number of nitrogens with zero attached hydrogens (tertiary/aromatic N) is 1. The Hall–Kier alpha value is -3.31. The Kier molecular flexibility index (Phi) is 7.07. The maximum absolute atomic E-state index is 11.5. The summed E-state index contributed by atoms with van der Waals surface area (Å²) in [5, 5.41) is 9.47. The number of aliphatic carboxylic acids is 1. The summed E-state index contributed by atoms with van der Waals surface area (Å²) in [6.07, 6.45) is 2.75. The van der Waals surface area contributed by atoms with Crippen molar-refractivity contribution < 1.29 is 19.4 Å². The molecule has 3 aromatic rings. The first-order chi connectivity index (χ1) is 15.7. The predicted octanol–water partition coefficient (Wildman–Crippen LogP) is 5.38. The largest absolute Gasteiger partial charge is 0.496 e. The van der Waals surface area contributed by atoms with Gasteiger partial charge in [-0.15, -0.1) is 0 Å². The molecular weight excluding hydrogens is 402 g/mol. The topological polar surface area (TPSA) is 59.0 Å². The number of hydrogen-bond acceptors (Lipinski definition) is 4. The Morgan fingerprint density at radius 2 is 1.78 bits per heavy atom. The predicted molar refractivity (Wildman–Crippen MR) is 125 cm³/mol. The van der Waals surface area contributed by atoms with Gasteiger partial charge in [0.2, 0.25) is 0 Å². The van der Waals surface area contributed by atoms with Crippen LogP contribution in [0.4, 0.5) is 0 Å². The van der Waals surface area contributed by atoms with E-state index in [0.29, 0.717) is 13.2 Å². The first-order valence-corrected chi connectivity index (χ1v) is 11.1. The number of benzene rings is 3. The van der Waals surface area contributed by atoms with Gasteiger partial charge < -0.3 is 14.6 Å². The van der Waals surface area contributed by atoms with Crippen molar-refractivity contribution >= 4 is 5.97 Å². The van der Waals surface area contributed by atoms with Crippen LogP contribution in [0.25, 0.3) is 11.1 Å². The van der Waals surface area contributed by atoms with E-state index in [0.717, 1.165) is 59.6 Å². The summed E-state index contributed by atoms with van der Waals surface area (Å²) in [6.45, 7) is 1.87. The summed E-state index contributed by atoms with van der Waals surface area (Å²) in [5.74, 6) is 0.866. The monoisotopic (exact) mass is 431 g/mol. The van der Waals surface area contributed by atoms with Crippen molar-refractivity contribution in [2.75, 3.05) is 13.7 Å². The van der Waals surface area contributed by atoms with Crippen molar-refractivity contribution in [1.82, 2.24) is 4.90 Å². The second-order valence-corrected chi connectivity index (χ2v) is 8.12. The molecule has 1 heterocycles. The van der Waals surface area contributed by atoms with Crippen LogP contribution < -0.4 is 9.47 Å². The van der Waals surface area contributed by atoms with Gasteiger partial charge in [-0.25, -0.2) is 0 Å². The van der Waals surface area contributed by atoms with Crippen LogP contribution in [-0.4, -0.2) is 35.7 Å². The van der Waals surface area contributed by atoms with Crippen LogP contribution >= 0.6 is 0 Å². The molecule has 32 heavy (non-hydrogen) atoms. The molecule has 0 bridgehead atoms. The van der Waals surface area contributed by atoms with Crippen LogP contribution in [0, 0.1) is 0 Å². The Bertz CT molecular complexity index is 1030. The number of rotatable bonds is 8. The molecule has 4 rings (SSSR count). The average Bonchev–Trinajstić information content (AvgIpc) is 2.84. The number of carboxylic acids is 1. The number of para-hydroxylation sites is 1. The number of hydrogen-bond donors (Lipinski definition) is 1. The van der Waals surface area contributed by atoms with E-state index < -0.39 is 5.97 Å². The van der Waals surface area contributed by atoms with E-state index in [1.807, 2.05) is 54.6 Å². The van der Waals surface area contributed by atoms with E-state index in [2.05, 4.69) is 23.1 Å². The fourth-order valence-electron chi connectivity index (χ4n) is 4.33. The molecule has 0 aromatic heterocycles. The summed E-state index contributed by atoms with van der Waals surface area (Å²) in [7, 11) is 1.69. The lowest BCUT2D eigenvalue weighted by molar-refractivity contribution is -0.144. The van der Waals surface area contributed by atoms with E-state index in [1.54, 1.807) is 7.11 Å². The van der Waals surface area contributed by atoms with Crippen molar-refractivity contribution in [3.8, 4) is 22.6 Å². The fraction of sp³-hybridized carbons (Fsp3) is 0.296. The lowest BCUT2D eigenvalue weighted by Crippen LogP contribution is -2.43. The first kappa shape index (κ1) is 21.9. The van der Waals surface area contributed by atoms with Gasteiger partial charge in [-0.2, -0.15) is 0 Å². The van der Waals surface area contributed by atoms with Gasteiger partial charge in [0, 0.05) is 17.7 Å². The highest BCUT2D eigenvalue weighted by atomic mass is 16.5. The van der Waals surface area contributed by atoms with Gasteiger partial charge in [0.1, 0.15) is 24.1 Å². The second-order valence-electron chi connectivity index (χ2n) is 8.12. The molecule has 0 aliphatic carbocycles. The molecule has 5 nitrogen and oxygen atoms in total. The Labute approximate surface area is 189 Å². The standard InChI is InChI=1S/C27H29NO4/c1-31-26-22(10-7-11-24(26)21-8-3-2-4-9-21)19-32-23-15-13-20(14-16-23)18-28-17-6-5-12-25(28)27(29)30/h2-4,7-11,13-16,25H,5-6,12,17-19H2,1H3,(H,29,30)/t25-/m0/s1. The van der Waals surface area contributed by atoms with E-state index in [9.17, 15) is 9.90 Å². The molecule has 0 radical (unpaired) electrons. The lowest BCUT2D eigenvalue weighted by Gasteiger charge is -2.32. The minimum absolute atomic E-state index is 0.385. The van der Waals surface area contributed by atoms with E-state index in [4.69, 9.17) is 9.47 Å². The zero-order valence-corrected chi connectivity index (χ0v) is 18.4. The SMILES string of the molecule is COc1c(COc2ccc(CN3CCCC[C@H]3C(=O)O)cc2)cccc1-c1ccccc1. The first-order valence-electron chi connectivity index (χ1n) is 11.1. The van der Waals surface area contributed by atoms with Crippen molar-refractivity contribution in [2.24, 2.45) is 0 Å². The third-order valence-electron chi connectivity index (χ3n) is 5.99. The molecule has 166 valence electrons. The highest BCUT2D eigenvalue weighted by Gasteiger charge is 2.28. The molecule has 1 fully saturated rings. The Balaban J connectivity index is 1.42. The van der Waals surface area contributed by atoms with Crippen molar-refractivity contribution in [1.29, 1.82) is 0 Å². The second kappa shape index (κ2) is 10.3. The van der Waals surface area contributed by atoms with Gasteiger partial charge in [0.05, 0.1) is 7.11 Å². The fourth-order valence-corrected chi connectivity index (χ4v) is 4.33. The zero-order chi connectivity index (χ0) is 22.3. The summed E-state index contributed by atoms with van der Waals surface area (Å²) >= 11 is 0. The van der Waals surface area contributed by atoms with Gasteiger partial charge in [0.15, 0.2) is 0 Å². The quantitative estimate of drug-likeness (QED) is 0.519. The van der Waals surface area contributed by atoms with E-state index >= 15 is 0 Å². The zero-order valence-electron chi connectivity index (χ0n) is 18.4. The molecular formula is C27H29NO4. The molecule has 1 aliphatic heterocycles. The Morgan fingerprint density at radius 3 is 2.50 bits per heavy atom. The normalized spacial score (nSPS) is 16.5.